The van der Waals surface area contributed by atoms with Crippen molar-refractivity contribution in [1.82, 2.24) is 0 Å². The van der Waals surface area contributed by atoms with E-state index in [0.717, 1.165) is 35.2 Å². The predicted octanol–water partition coefficient (Wildman–Crippen LogP) is 5.70. The molecule has 0 radical (unpaired) electrons. The van der Waals surface area contributed by atoms with Gasteiger partial charge in [0.15, 0.2) is 0 Å². The summed E-state index contributed by atoms with van der Waals surface area (Å²) in [7, 11) is 0. The van der Waals surface area contributed by atoms with Gasteiger partial charge in [-0.2, -0.15) is 0 Å². The van der Waals surface area contributed by atoms with Crippen molar-refractivity contribution in [2.75, 3.05) is 0 Å². The fourth-order valence-electron chi connectivity index (χ4n) is 3.20. The Bertz CT molecular complexity index is 674. The van der Waals surface area contributed by atoms with E-state index in [0.29, 0.717) is 11.8 Å². The van der Waals surface area contributed by atoms with Crippen LogP contribution in [0, 0.1) is 11.8 Å². The molecule has 0 aliphatic heterocycles. The lowest BCUT2D eigenvalue weighted by Gasteiger charge is -2.20. The first-order valence-corrected chi connectivity index (χ1v) is 9.22. The first-order chi connectivity index (χ1) is 11.4. The molecule has 0 amide bonds. The Hall–Kier alpha value is -1.54. The minimum atomic E-state index is -0.253. The standard InChI is InChI=1S/C22H28OS/c1-15(2)10-17-12-19(11-16(3)4)22(24)20(13-17)21(14-23)18-8-6-5-7-9-18/h5-9,12-16,21,24H,10-11H2,1-4H3. The molecule has 0 heterocycles. The Kier molecular flexibility index (Phi) is 6.68. The molecule has 24 heavy (non-hydrogen) atoms. The second kappa shape index (κ2) is 8.53. The third kappa shape index (κ3) is 4.73. The van der Waals surface area contributed by atoms with Gasteiger partial charge in [0.05, 0.1) is 5.92 Å². The molecule has 2 aromatic rings. The van der Waals surface area contributed by atoms with Gasteiger partial charge in [0.2, 0.25) is 0 Å². The van der Waals surface area contributed by atoms with Crippen molar-refractivity contribution in [3.8, 4) is 0 Å². The van der Waals surface area contributed by atoms with E-state index in [4.69, 9.17) is 12.6 Å². The molecule has 0 bridgehead atoms. The number of thiol groups is 1. The maximum Gasteiger partial charge on any atom is 0.131 e. The van der Waals surface area contributed by atoms with E-state index in [1.54, 1.807) is 0 Å². The first-order valence-electron chi connectivity index (χ1n) is 8.77. The summed E-state index contributed by atoms with van der Waals surface area (Å²) in [6, 6.07) is 14.4. The van der Waals surface area contributed by atoms with Gasteiger partial charge >= 0.3 is 0 Å². The Morgan fingerprint density at radius 3 is 2.12 bits per heavy atom. The fraction of sp³-hybridized carbons (Fsp3) is 0.409. The van der Waals surface area contributed by atoms with Crippen LogP contribution in [-0.2, 0) is 17.6 Å². The molecule has 1 nitrogen and oxygen atoms in total. The zero-order valence-electron chi connectivity index (χ0n) is 15.1. The summed E-state index contributed by atoms with van der Waals surface area (Å²) in [6.45, 7) is 8.89. The Morgan fingerprint density at radius 2 is 1.58 bits per heavy atom. The van der Waals surface area contributed by atoms with Gasteiger partial charge in [-0.15, -0.1) is 12.6 Å². The number of carbonyl (C=O) groups is 1. The van der Waals surface area contributed by atoms with Crippen molar-refractivity contribution < 1.29 is 4.79 Å². The molecule has 2 aromatic carbocycles. The zero-order valence-corrected chi connectivity index (χ0v) is 16.0. The summed E-state index contributed by atoms with van der Waals surface area (Å²) < 4.78 is 0. The fourth-order valence-corrected chi connectivity index (χ4v) is 3.56. The van der Waals surface area contributed by atoms with Crippen LogP contribution in [0.25, 0.3) is 0 Å². The predicted molar refractivity (Wildman–Crippen MR) is 105 cm³/mol. The summed E-state index contributed by atoms with van der Waals surface area (Å²) >= 11 is 4.81. The molecule has 128 valence electrons. The van der Waals surface area contributed by atoms with E-state index in [2.05, 4.69) is 39.8 Å². The largest absolute Gasteiger partial charge is 0.302 e. The van der Waals surface area contributed by atoms with Crippen molar-refractivity contribution in [2.24, 2.45) is 11.8 Å². The highest BCUT2D eigenvalue weighted by Gasteiger charge is 2.19. The molecule has 0 aliphatic rings. The highest BCUT2D eigenvalue weighted by atomic mass is 32.1. The van der Waals surface area contributed by atoms with Crippen LogP contribution in [0.5, 0.6) is 0 Å². The van der Waals surface area contributed by atoms with Crippen molar-refractivity contribution in [3.63, 3.8) is 0 Å². The number of rotatable bonds is 7. The van der Waals surface area contributed by atoms with Gasteiger partial charge in [-0.05, 0) is 46.9 Å². The van der Waals surface area contributed by atoms with E-state index >= 15 is 0 Å². The van der Waals surface area contributed by atoms with E-state index in [-0.39, 0.29) is 5.92 Å². The van der Waals surface area contributed by atoms with E-state index in [1.165, 1.54) is 11.1 Å². The lowest BCUT2D eigenvalue weighted by molar-refractivity contribution is -0.108. The molecule has 1 unspecified atom stereocenters. The molecule has 0 spiro atoms. The van der Waals surface area contributed by atoms with Crippen LogP contribution in [0.15, 0.2) is 47.4 Å². The van der Waals surface area contributed by atoms with E-state index in [1.807, 2.05) is 30.3 Å². The topological polar surface area (TPSA) is 17.1 Å². The SMILES string of the molecule is CC(C)Cc1cc(CC(C)C)c(S)c(C(C=O)c2ccccc2)c1. The second-order valence-electron chi connectivity index (χ2n) is 7.41. The minimum absolute atomic E-state index is 0.253. The molecule has 0 saturated heterocycles. The number of hydrogen-bond acceptors (Lipinski definition) is 2. The van der Waals surface area contributed by atoms with Crippen LogP contribution in [0.3, 0.4) is 0 Å². The Balaban J connectivity index is 2.55. The zero-order chi connectivity index (χ0) is 17.7. The van der Waals surface area contributed by atoms with Gasteiger partial charge in [0, 0.05) is 4.90 Å². The van der Waals surface area contributed by atoms with Crippen molar-refractivity contribution >= 4 is 18.9 Å². The van der Waals surface area contributed by atoms with E-state index in [9.17, 15) is 4.79 Å². The highest BCUT2D eigenvalue weighted by Crippen LogP contribution is 2.33. The van der Waals surface area contributed by atoms with Gasteiger partial charge in [0.1, 0.15) is 6.29 Å². The van der Waals surface area contributed by atoms with E-state index < -0.39 is 0 Å². The van der Waals surface area contributed by atoms with Gasteiger partial charge in [-0.1, -0.05) is 70.2 Å². The molecular weight excluding hydrogens is 312 g/mol. The molecule has 0 aliphatic carbocycles. The van der Waals surface area contributed by atoms with Gasteiger partial charge in [-0.25, -0.2) is 0 Å². The quantitative estimate of drug-likeness (QED) is 0.505. The average molecular weight is 341 g/mol. The van der Waals surface area contributed by atoms with Crippen molar-refractivity contribution in [1.29, 1.82) is 0 Å². The minimum Gasteiger partial charge on any atom is -0.302 e. The number of hydrogen-bond donors (Lipinski definition) is 1. The smallest absolute Gasteiger partial charge is 0.131 e. The number of benzene rings is 2. The maximum absolute atomic E-state index is 11.9. The van der Waals surface area contributed by atoms with Crippen LogP contribution in [-0.4, -0.2) is 6.29 Å². The average Bonchev–Trinajstić information content (AvgIpc) is 2.52. The lowest BCUT2D eigenvalue weighted by atomic mass is 9.87. The summed E-state index contributed by atoms with van der Waals surface area (Å²) in [5.41, 5.74) is 4.62. The van der Waals surface area contributed by atoms with Crippen LogP contribution in [0.4, 0.5) is 0 Å². The summed E-state index contributed by atoms with van der Waals surface area (Å²) in [5, 5.41) is 0. The van der Waals surface area contributed by atoms with Crippen LogP contribution < -0.4 is 0 Å². The monoisotopic (exact) mass is 340 g/mol. The second-order valence-corrected chi connectivity index (χ2v) is 7.86. The van der Waals surface area contributed by atoms with Crippen LogP contribution in [0.1, 0.15) is 55.9 Å². The van der Waals surface area contributed by atoms with Crippen molar-refractivity contribution in [3.05, 3.63) is 64.7 Å². The lowest BCUT2D eigenvalue weighted by Crippen LogP contribution is -2.08. The van der Waals surface area contributed by atoms with Gasteiger partial charge < -0.3 is 4.79 Å². The molecule has 0 aromatic heterocycles. The normalized spacial score (nSPS) is 12.6. The number of aldehydes is 1. The summed E-state index contributed by atoms with van der Waals surface area (Å²) in [5.74, 6) is 0.892. The molecule has 0 saturated carbocycles. The molecule has 2 rings (SSSR count). The van der Waals surface area contributed by atoms with Crippen LogP contribution >= 0.6 is 12.6 Å². The Labute approximate surface area is 151 Å². The summed E-state index contributed by atoms with van der Waals surface area (Å²) in [4.78, 5) is 12.9. The third-order valence-electron chi connectivity index (χ3n) is 4.18. The van der Waals surface area contributed by atoms with Gasteiger partial charge in [-0.3, -0.25) is 0 Å². The van der Waals surface area contributed by atoms with Crippen LogP contribution in [0.2, 0.25) is 0 Å². The Morgan fingerprint density at radius 1 is 0.958 bits per heavy atom. The maximum atomic E-state index is 11.9. The molecule has 2 heteroatoms. The first kappa shape index (κ1) is 18.8. The summed E-state index contributed by atoms with van der Waals surface area (Å²) in [6.07, 6.45) is 3.05. The molecule has 1 atom stereocenters. The highest BCUT2D eigenvalue weighted by molar-refractivity contribution is 7.80. The molecule has 0 fully saturated rings. The number of carbonyl (C=O) groups excluding carboxylic acids is 1. The van der Waals surface area contributed by atoms with Gasteiger partial charge in [0.25, 0.3) is 0 Å². The molecular formula is C22H28OS. The molecule has 0 N–H and O–H groups in total. The third-order valence-corrected chi connectivity index (χ3v) is 4.73. The van der Waals surface area contributed by atoms with Crippen molar-refractivity contribution in [2.45, 2.75) is 51.3 Å².